The third-order valence-corrected chi connectivity index (χ3v) is 3.85. The molecule has 8 heteroatoms. The molecule has 118 valence electrons. The number of pyridine rings is 1. The number of aromatic nitrogens is 1. The molecule has 0 spiro atoms. The van der Waals surface area contributed by atoms with Crippen LogP contribution >= 0.6 is 23.2 Å². The molecule has 0 aliphatic carbocycles. The van der Waals surface area contributed by atoms with E-state index in [0.29, 0.717) is 21.4 Å². The van der Waals surface area contributed by atoms with Crippen LogP contribution in [0.5, 0.6) is 5.75 Å². The highest BCUT2D eigenvalue weighted by Gasteiger charge is 2.28. The van der Waals surface area contributed by atoms with Crippen LogP contribution < -0.4 is 10.1 Å². The van der Waals surface area contributed by atoms with Crippen LogP contribution in [0.1, 0.15) is 32.5 Å². The molecule has 0 radical (unpaired) electrons. The number of ether oxygens (including phenoxy) is 1. The first-order valence-electron chi connectivity index (χ1n) is 6.57. The molecule has 2 aromatic rings. The van der Waals surface area contributed by atoms with Crippen LogP contribution in [0.4, 0.5) is 0 Å². The van der Waals surface area contributed by atoms with E-state index in [1.54, 1.807) is 12.1 Å². The van der Waals surface area contributed by atoms with Crippen LogP contribution in [-0.4, -0.2) is 28.6 Å². The zero-order valence-electron chi connectivity index (χ0n) is 11.5. The zero-order chi connectivity index (χ0) is 16.6. The molecule has 23 heavy (non-hydrogen) atoms. The van der Waals surface area contributed by atoms with Crippen LogP contribution in [0.3, 0.4) is 0 Å². The lowest BCUT2D eigenvalue weighted by atomic mass is 10.1. The number of nitrogens with zero attached hydrogens (tertiary/aromatic N) is 1. The van der Waals surface area contributed by atoms with Crippen molar-refractivity contribution >= 4 is 35.1 Å². The maximum atomic E-state index is 12.2. The van der Waals surface area contributed by atoms with Gasteiger partial charge in [-0.3, -0.25) is 9.78 Å². The summed E-state index contributed by atoms with van der Waals surface area (Å²) in [6.45, 7) is 0.231. The molecule has 1 unspecified atom stereocenters. The van der Waals surface area contributed by atoms with E-state index in [-0.39, 0.29) is 17.9 Å². The second kappa shape index (κ2) is 6.06. The minimum atomic E-state index is -1.10. The Kier molecular flexibility index (Phi) is 4.11. The summed E-state index contributed by atoms with van der Waals surface area (Å²) in [6.07, 6.45) is 1.13. The third-order valence-electron chi connectivity index (χ3n) is 3.36. The van der Waals surface area contributed by atoms with Gasteiger partial charge in [-0.15, -0.1) is 0 Å². The van der Waals surface area contributed by atoms with Crippen molar-refractivity contribution in [2.45, 2.75) is 6.04 Å². The lowest BCUT2D eigenvalue weighted by Crippen LogP contribution is -2.30. The van der Waals surface area contributed by atoms with E-state index in [1.165, 1.54) is 12.1 Å². The van der Waals surface area contributed by atoms with Gasteiger partial charge in [0.1, 0.15) is 18.1 Å². The predicted octanol–water partition coefficient (Wildman–Crippen LogP) is 2.95. The summed E-state index contributed by atoms with van der Waals surface area (Å²) in [5.74, 6) is -1.05. The van der Waals surface area contributed by atoms with Gasteiger partial charge in [0.25, 0.3) is 5.91 Å². The third kappa shape index (κ3) is 3.09. The molecule has 1 aliphatic rings. The number of fused-ring (bicyclic) bond motifs is 1. The minimum absolute atomic E-state index is 0.00894. The van der Waals surface area contributed by atoms with E-state index in [1.807, 2.05) is 0 Å². The lowest BCUT2D eigenvalue weighted by molar-refractivity contribution is 0.0695. The number of carbonyl (C=O) groups excluding carboxylic acids is 1. The molecule has 3 rings (SSSR count). The Morgan fingerprint density at radius 3 is 2.74 bits per heavy atom. The van der Waals surface area contributed by atoms with Gasteiger partial charge >= 0.3 is 5.97 Å². The molecule has 2 N–H and O–H groups in total. The molecule has 1 aromatic heterocycles. The SMILES string of the molecule is O=C(O)c1ccc(C(=O)NC2COc3c(Cl)cc(Cl)cc32)nc1. The minimum Gasteiger partial charge on any atom is -0.489 e. The number of benzene rings is 1. The van der Waals surface area contributed by atoms with Crippen LogP contribution in [0, 0.1) is 0 Å². The Bertz CT molecular complexity index is 793. The predicted molar refractivity (Wildman–Crippen MR) is 83.4 cm³/mol. The monoisotopic (exact) mass is 352 g/mol. The molecule has 0 saturated heterocycles. The highest BCUT2D eigenvalue weighted by molar-refractivity contribution is 6.35. The molecule has 2 heterocycles. The van der Waals surface area contributed by atoms with E-state index in [4.69, 9.17) is 33.0 Å². The summed E-state index contributed by atoms with van der Waals surface area (Å²) in [5.41, 5.74) is 0.809. The summed E-state index contributed by atoms with van der Waals surface area (Å²) in [6, 6.07) is 5.51. The molecule has 1 atom stereocenters. The number of amides is 1. The van der Waals surface area contributed by atoms with Crippen LogP contribution in [0.15, 0.2) is 30.5 Å². The molecule has 0 bridgehead atoms. The first-order chi connectivity index (χ1) is 11.0. The number of aromatic carboxylic acids is 1. The van der Waals surface area contributed by atoms with Gasteiger partial charge in [-0.25, -0.2) is 4.79 Å². The van der Waals surface area contributed by atoms with Gasteiger partial charge in [-0.05, 0) is 24.3 Å². The van der Waals surface area contributed by atoms with E-state index >= 15 is 0 Å². The maximum Gasteiger partial charge on any atom is 0.337 e. The van der Waals surface area contributed by atoms with Crippen LogP contribution in [-0.2, 0) is 0 Å². The Labute approximate surface area is 141 Å². The molecule has 1 amide bonds. The average molecular weight is 353 g/mol. The van der Waals surface area contributed by atoms with E-state index in [9.17, 15) is 9.59 Å². The molecular weight excluding hydrogens is 343 g/mol. The van der Waals surface area contributed by atoms with Crippen molar-refractivity contribution in [2.75, 3.05) is 6.61 Å². The van der Waals surface area contributed by atoms with Gasteiger partial charge in [0.05, 0.1) is 16.6 Å². The van der Waals surface area contributed by atoms with E-state index in [0.717, 1.165) is 6.20 Å². The molecule has 1 aliphatic heterocycles. The first kappa shape index (κ1) is 15.6. The summed E-state index contributed by atoms with van der Waals surface area (Å²) in [5, 5.41) is 12.4. The number of rotatable bonds is 3. The standard InChI is InChI=1S/C15H10Cl2N2O4/c16-8-3-9-12(6-23-13(9)10(17)4-8)19-14(20)11-2-1-7(5-18-11)15(21)22/h1-5,12H,6H2,(H,19,20)(H,21,22). The average Bonchev–Trinajstić information content (AvgIpc) is 2.90. The largest absolute Gasteiger partial charge is 0.489 e. The van der Waals surface area contributed by atoms with Crippen molar-refractivity contribution in [3.8, 4) is 5.75 Å². The summed E-state index contributed by atoms with van der Waals surface area (Å²) in [7, 11) is 0. The molecule has 1 aromatic carbocycles. The highest BCUT2D eigenvalue weighted by Crippen LogP contribution is 2.40. The molecule has 6 nitrogen and oxygen atoms in total. The van der Waals surface area contributed by atoms with Gasteiger partial charge in [-0.2, -0.15) is 0 Å². The zero-order valence-corrected chi connectivity index (χ0v) is 13.1. The summed E-state index contributed by atoms with van der Waals surface area (Å²) >= 11 is 12.0. The lowest BCUT2D eigenvalue weighted by Gasteiger charge is -2.11. The topological polar surface area (TPSA) is 88.5 Å². The van der Waals surface area contributed by atoms with Crippen LogP contribution in [0.2, 0.25) is 10.0 Å². The van der Waals surface area contributed by atoms with E-state index in [2.05, 4.69) is 10.3 Å². The normalized spacial score (nSPS) is 15.7. The summed E-state index contributed by atoms with van der Waals surface area (Å²) < 4.78 is 5.48. The fourth-order valence-electron chi connectivity index (χ4n) is 2.25. The fourth-order valence-corrected chi connectivity index (χ4v) is 2.82. The highest BCUT2D eigenvalue weighted by atomic mass is 35.5. The second-order valence-electron chi connectivity index (χ2n) is 4.88. The van der Waals surface area contributed by atoms with E-state index < -0.39 is 17.9 Å². The van der Waals surface area contributed by atoms with Gasteiger partial charge in [0, 0.05) is 16.8 Å². The Morgan fingerprint density at radius 2 is 2.09 bits per heavy atom. The Morgan fingerprint density at radius 1 is 1.30 bits per heavy atom. The number of carboxylic acids is 1. The number of hydrogen-bond donors (Lipinski definition) is 2. The van der Waals surface area contributed by atoms with Gasteiger partial charge in [0.15, 0.2) is 0 Å². The number of hydrogen-bond acceptors (Lipinski definition) is 4. The number of nitrogens with one attached hydrogen (secondary N) is 1. The molecular formula is C15H10Cl2N2O4. The molecule has 0 saturated carbocycles. The Hall–Kier alpha value is -2.31. The number of halogens is 2. The smallest absolute Gasteiger partial charge is 0.337 e. The van der Waals surface area contributed by atoms with Crippen molar-refractivity contribution in [1.29, 1.82) is 0 Å². The van der Waals surface area contributed by atoms with Crippen molar-refractivity contribution in [1.82, 2.24) is 10.3 Å². The van der Waals surface area contributed by atoms with Crippen molar-refractivity contribution in [2.24, 2.45) is 0 Å². The maximum absolute atomic E-state index is 12.2. The Balaban J connectivity index is 1.79. The van der Waals surface area contributed by atoms with Crippen molar-refractivity contribution in [3.05, 3.63) is 57.3 Å². The van der Waals surface area contributed by atoms with Gasteiger partial charge < -0.3 is 15.2 Å². The van der Waals surface area contributed by atoms with Crippen LogP contribution in [0.25, 0.3) is 0 Å². The quantitative estimate of drug-likeness (QED) is 0.886. The van der Waals surface area contributed by atoms with Gasteiger partial charge in [-0.1, -0.05) is 23.2 Å². The fraction of sp³-hybridized carbons (Fsp3) is 0.133. The number of carboxylic acid groups (broad SMARTS) is 1. The molecule has 0 fully saturated rings. The number of carbonyl (C=O) groups is 2. The van der Waals surface area contributed by atoms with Gasteiger partial charge in [0.2, 0.25) is 0 Å². The second-order valence-corrected chi connectivity index (χ2v) is 5.72. The van der Waals surface area contributed by atoms with Crippen molar-refractivity contribution < 1.29 is 19.4 Å². The van der Waals surface area contributed by atoms with Crippen molar-refractivity contribution in [3.63, 3.8) is 0 Å². The first-order valence-corrected chi connectivity index (χ1v) is 7.33. The summed E-state index contributed by atoms with van der Waals surface area (Å²) in [4.78, 5) is 26.8.